The lowest BCUT2D eigenvalue weighted by atomic mass is 9.87. The zero-order valence-corrected chi connectivity index (χ0v) is 9.64. The number of rotatable bonds is 4. The van der Waals surface area contributed by atoms with Crippen molar-refractivity contribution in [3.8, 4) is 0 Å². The molecule has 0 saturated heterocycles. The van der Waals surface area contributed by atoms with Crippen LogP contribution in [-0.2, 0) is 0 Å². The first kappa shape index (κ1) is 14.9. The average molecular weight is 268 g/mol. The Morgan fingerprint density at radius 1 is 1.22 bits per heavy atom. The van der Waals surface area contributed by atoms with Gasteiger partial charge in [-0.15, -0.1) is 0 Å². The van der Waals surface area contributed by atoms with Crippen LogP contribution in [0.5, 0.6) is 0 Å². The number of alkyl halides is 4. The molecule has 1 aromatic rings. The normalized spacial score (nSPS) is 17.3. The van der Waals surface area contributed by atoms with Crippen LogP contribution in [0.15, 0.2) is 24.3 Å². The third-order valence-corrected chi connectivity index (χ3v) is 2.61. The molecule has 0 fully saturated rings. The molecule has 18 heavy (non-hydrogen) atoms. The van der Waals surface area contributed by atoms with Gasteiger partial charge in [0, 0.05) is 5.56 Å². The molecule has 1 nitrogen and oxygen atoms in total. The van der Waals surface area contributed by atoms with Gasteiger partial charge in [0.2, 0.25) is 0 Å². The molecule has 0 spiro atoms. The lowest BCUT2D eigenvalue weighted by Crippen LogP contribution is -2.35. The smallest absolute Gasteiger partial charge is 0.387 e. The van der Waals surface area contributed by atoms with Gasteiger partial charge in [0.05, 0.1) is 11.5 Å². The molecule has 0 amide bonds. The van der Waals surface area contributed by atoms with E-state index in [2.05, 4.69) is 0 Å². The van der Waals surface area contributed by atoms with E-state index in [1.807, 2.05) is 0 Å². The van der Waals surface area contributed by atoms with Crippen molar-refractivity contribution in [1.29, 1.82) is 0 Å². The molecule has 0 radical (unpaired) electrons. The quantitative estimate of drug-likeness (QED) is 0.827. The Morgan fingerprint density at radius 3 is 2.22 bits per heavy atom. The van der Waals surface area contributed by atoms with Gasteiger partial charge < -0.3 is 5.11 Å². The van der Waals surface area contributed by atoms with Crippen molar-refractivity contribution < 1.29 is 27.1 Å². The van der Waals surface area contributed by atoms with Crippen LogP contribution in [-0.4, -0.2) is 23.6 Å². The first-order valence-corrected chi connectivity index (χ1v) is 5.27. The lowest BCUT2D eigenvalue weighted by molar-refractivity contribution is -0.164. The maximum atomic E-state index is 13.4. The molecular formula is C12H13F5O. The second kappa shape index (κ2) is 5.22. The molecular weight excluding hydrogens is 255 g/mol. The summed E-state index contributed by atoms with van der Waals surface area (Å²) in [6.07, 6.45) is -5.67. The fourth-order valence-electron chi connectivity index (χ4n) is 1.65. The lowest BCUT2D eigenvalue weighted by Gasteiger charge is -2.28. The Bertz CT molecular complexity index is 400. The highest BCUT2D eigenvalue weighted by Gasteiger charge is 2.45. The van der Waals surface area contributed by atoms with Crippen LogP contribution in [0, 0.1) is 5.82 Å². The third-order valence-electron chi connectivity index (χ3n) is 2.61. The molecule has 0 aliphatic rings. The molecule has 1 aromatic carbocycles. The Balaban J connectivity index is 3.12. The molecule has 2 unspecified atom stereocenters. The monoisotopic (exact) mass is 268 g/mol. The van der Waals surface area contributed by atoms with Gasteiger partial charge in [-0.2, -0.15) is 13.2 Å². The van der Waals surface area contributed by atoms with Crippen LogP contribution in [0.3, 0.4) is 0 Å². The number of hydrogen-bond donors (Lipinski definition) is 1. The van der Waals surface area contributed by atoms with Crippen LogP contribution >= 0.6 is 0 Å². The Kier molecular flexibility index (Phi) is 4.32. The summed E-state index contributed by atoms with van der Waals surface area (Å²) in [5.41, 5.74) is -2.72. The maximum absolute atomic E-state index is 13.4. The van der Waals surface area contributed by atoms with E-state index in [-0.39, 0.29) is 0 Å². The average Bonchev–Trinajstić information content (AvgIpc) is 2.26. The Hall–Kier alpha value is -1.17. The van der Waals surface area contributed by atoms with Crippen LogP contribution in [0.4, 0.5) is 22.0 Å². The minimum Gasteiger partial charge on any atom is -0.387 e. The van der Waals surface area contributed by atoms with E-state index in [0.717, 1.165) is 19.1 Å². The molecule has 0 bridgehead atoms. The van der Waals surface area contributed by atoms with Gasteiger partial charge in [-0.3, -0.25) is 0 Å². The van der Waals surface area contributed by atoms with Gasteiger partial charge in [-0.05, 0) is 19.4 Å². The van der Waals surface area contributed by atoms with Crippen molar-refractivity contribution in [2.24, 2.45) is 0 Å². The second-order valence-corrected chi connectivity index (χ2v) is 4.45. The molecule has 1 N–H and O–H groups in total. The van der Waals surface area contributed by atoms with Crippen molar-refractivity contribution >= 4 is 0 Å². The molecule has 0 aromatic heterocycles. The summed E-state index contributed by atoms with van der Waals surface area (Å²) >= 11 is 0. The number of aliphatic hydroxyl groups is 1. The van der Waals surface area contributed by atoms with E-state index in [4.69, 9.17) is 0 Å². The van der Waals surface area contributed by atoms with Gasteiger partial charge in [-0.25, -0.2) is 8.78 Å². The van der Waals surface area contributed by atoms with Gasteiger partial charge >= 0.3 is 6.18 Å². The Labute approximate surface area is 101 Å². The van der Waals surface area contributed by atoms with Gasteiger partial charge in [-0.1, -0.05) is 18.2 Å². The SMILES string of the molecule is CC(O)(CF)CC(c1ccccc1F)C(F)(F)F. The molecule has 102 valence electrons. The van der Waals surface area contributed by atoms with Crippen LogP contribution in [0.2, 0.25) is 0 Å². The predicted molar refractivity (Wildman–Crippen MR) is 56.4 cm³/mol. The van der Waals surface area contributed by atoms with Crippen molar-refractivity contribution in [2.45, 2.75) is 31.0 Å². The van der Waals surface area contributed by atoms with Crippen LogP contribution in [0.1, 0.15) is 24.8 Å². The van der Waals surface area contributed by atoms with Gasteiger partial charge in [0.15, 0.2) is 0 Å². The van der Waals surface area contributed by atoms with Crippen molar-refractivity contribution in [3.63, 3.8) is 0 Å². The van der Waals surface area contributed by atoms with E-state index in [1.165, 1.54) is 12.1 Å². The van der Waals surface area contributed by atoms with Crippen LogP contribution in [0.25, 0.3) is 0 Å². The number of halogens is 5. The highest BCUT2D eigenvalue weighted by molar-refractivity contribution is 5.23. The van der Waals surface area contributed by atoms with E-state index in [0.29, 0.717) is 0 Å². The summed E-state index contributed by atoms with van der Waals surface area (Å²) in [7, 11) is 0. The third kappa shape index (κ3) is 3.66. The van der Waals surface area contributed by atoms with Crippen molar-refractivity contribution in [2.75, 3.05) is 6.67 Å². The fraction of sp³-hybridized carbons (Fsp3) is 0.500. The standard InChI is InChI=1S/C12H13F5O/c1-11(18,7-13)6-9(12(15,16)17)8-4-2-3-5-10(8)14/h2-5,9,18H,6-7H2,1H3. The van der Waals surface area contributed by atoms with Crippen molar-refractivity contribution in [1.82, 2.24) is 0 Å². The van der Waals surface area contributed by atoms with E-state index in [1.54, 1.807) is 0 Å². The minimum atomic E-state index is -4.75. The van der Waals surface area contributed by atoms with Gasteiger partial charge in [0.25, 0.3) is 0 Å². The summed E-state index contributed by atoms with van der Waals surface area (Å²) in [6.45, 7) is -0.374. The maximum Gasteiger partial charge on any atom is 0.395 e. The highest BCUT2D eigenvalue weighted by atomic mass is 19.4. The molecule has 2 atom stereocenters. The zero-order chi connectivity index (χ0) is 14.0. The second-order valence-electron chi connectivity index (χ2n) is 4.45. The summed E-state index contributed by atoms with van der Waals surface area (Å²) in [4.78, 5) is 0. The number of hydrogen-bond acceptors (Lipinski definition) is 1. The molecule has 0 aliphatic heterocycles. The van der Waals surface area contributed by atoms with E-state index in [9.17, 15) is 27.1 Å². The topological polar surface area (TPSA) is 20.2 Å². The first-order valence-electron chi connectivity index (χ1n) is 5.27. The minimum absolute atomic E-state index is 0.585. The van der Waals surface area contributed by atoms with Crippen molar-refractivity contribution in [3.05, 3.63) is 35.6 Å². The molecule has 0 aliphatic carbocycles. The predicted octanol–water partition coefficient (Wildman–Crippen LogP) is 3.58. The molecule has 0 heterocycles. The van der Waals surface area contributed by atoms with E-state index < -0.39 is 42.2 Å². The first-order chi connectivity index (χ1) is 8.17. The zero-order valence-electron chi connectivity index (χ0n) is 9.64. The van der Waals surface area contributed by atoms with E-state index >= 15 is 0 Å². The summed E-state index contributed by atoms with van der Waals surface area (Å²) in [5, 5.41) is 9.41. The fourth-order valence-corrected chi connectivity index (χ4v) is 1.65. The highest BCUT2D eigenvalue weighted by Crippen LogP contribution is 2.41. The summed E-state index contributed by atoms with van der Waals surface area (Å²) in [5.74, 6) is -3.25. The molecule has 6 heteroatoms. The Morgan fingerprint density at radius 2 is 1.78 bits per heavy atom. The molecule has 1 rings (SSSR count). The van der Waals surface area contributed by atoms with Crippen LogP contribution < -0.4 is 0 Å². The summed E-state index contributed by atoms with van der Waals surface area (Å²) < 4.78 is 64.4. The molecule has 0 saturated carbocycles. The number of benzene rings is 1. The summed E-state index contributed by atoms with van der Waals surface area (Å²) in [6, 6.07) is 4.42. The van der Waals surface area contributed by atoms with Gasteiger partial charge in [0.1, 0.15) is 12.5 Å². The largest absolute Gasteiger partial charge is 0.395 e.